The third-order valence-corrected chi connectivity index (χ3v) is 5.40. The number of nitrogens with one attached hydrogen (secondary N) is 2. The maximum atomic E-state index is 5.51. The van der Waals surface area contributed by atoms with Gasteiger partial charge in [-0.1, -0.05) is 48.5 Å². The Bertz CT molecular complexity index is 1150. The van der Waals surface area contributed by atoms with Gasteiger partial charge in [0.15, 0.2) is 5.11 Å². The number of thiocarbonyl (C=S) groups is 1. The Kier molecular flexibility index (Phi) is 6.43. The highest BCUT2D eigenvalue weighted by Crippen LogP contribution is 2.23. The van der Waals surface area contributed by atoms with Gasteiger partial charge in [-0.05, 0) is 38.2 Å². The molecule has 31 heavy (non-hydrogen) atoms. The van der Waals surface area contributed by atoms with E-state index < -0.39 is 0 Å². The van der Waals surface area contributed by atoms with Crippen LogP contribution < -0.4 is 10.6 Å². The molecule has 0 unspecified atom stereocenters. The van der Waals surface area contributed by atoms with Gasteiger partial charge in [-0.3, -0.25) is 4.68 Å². The van der Waals surface area contributed by atoms with E-state index in [-0.39, 0.29) is 0 Å². The summed E-state index contributed by atoms with van der Waals surface area (Å²) >= 11 is 5.51. The van der Waals surface area contributed by atoms with Crippen LogP contribution in [-0.2, 0) is 19.6 Å². The average molecular weight is 431 g/mol. The van der Waals surface area contributed by atoms with Crippen molar-refractivity contribution in [1.29, 1.82) is 0 Å². The molecule has 0 aliphatic rings. The van der Waals surface area contributed by atoms with Crippen LogP contribution in [0.1, 0.15) is 23.7 Å². The lowest BCUT2D eigenvalue weighted by atomic mass is 10.1. The van der Waals surface area contributed by atoms with Gasteiger partial charge in [0, 0.05) is 48.7 Å². The fourth-order valence-corrected chi connectivity index (χ4v) is 3.54. The summed E-state index contributed by atoms with van der Waals surface area (Å²) in [5.41, 5.74) is 6.29. The van der Waals surface area contributed by atoms with Crippen molar-refractivity contribution in [3.63, 3.8) is 0 Å². The van der Waals surface area contributed by atoms with E-state index >= 15 is 0 Å². The van der Waals surface area contributed by atoms with Crippen molar-refractivity contribution in [2.75, 3.05) is 0 Å². The minimum Gasteiger partial charge on any atom is -0.359 e. The molecule has 158 valence electrons. The van der Waals surface area contributed by atoms with Crippen molar-refractivity contribution in [3.05, 3.63) is 89.9 Å². The fraction of sp³-hybridized carbons (Fsp3) is 0.208. The molecule has 0 fully saturated rings. The SMILES string of the molecule is CCn1cc(CNC(=S)NCc2cn(-c3ccccc3)nc2-c2ccccc2)c(C)n1. The topological polar surface area (TPSA) is 59.7 Å². The van der Waals surface area contributed by atoms with Gasteiger partial charge in [-0.15, -0.1) is 0 Å². The lowest BCUT2D eigenvalue weighted by Gasteiger charge is -2.10. The summed E-state index contributed by atoms with van der Waals surface area (Å²) in [6.07, 6.45) is 4.12. The first-order valence-electron chi connectivity index (χ1n) is 10.4. The summed E-state index contributed by atoms with van der Waals surface area (Å²) in [6.45, 7) is 6.18. The van der Waals surface area contributed by atoms with E-state index in [1.54, 1.807) is 0 Å². The van der Waals surface area contributed by atoms with Crippen LogP contribution in [0.2, 0.25) is 0 Å². The summed E-state index contributed by atoms with van der Waals surface area (Å²) in [5.74, 6) is 0. The van der Waals surface area contributed by atoms with Gasteiger partial charge in [-0.2, -0.15) is 10.2 Å². The molecule has 4 aromatic rings. The summed E-state index contributed by atoms with van der Waals surface area (Å²) < 4.78 is 3.85. The van der Waals surface area contributed by atoms with Gasteiger partial charge < -0.3 is 10.6 Å². The van der Waals surface area contributed by atoms with Crippen molar-refractivity contribution in [1.82, 2.24) is 30.2 Å². The Balaban J connectivity index is 1.47. The summed E-state index contributed by atoms with van der Waals surface area (Å²) in [5, 5.41) is 16.5. The molecule has 0 saturated heterocycles. The van der Waals surface area contributed by atoms with E-state index in [1.165, 1.54) is 0 Å². The predicted octanol–water partition coefficient (Wildman–Crippen LogP) is 4.23. The Hall–Kier alpha value is -3.45. The van der Waals surface area contributed by atoms with Crippen molar-refractivity contribution in [2.45, 2.75) is 33.5 Å². The second kappa shape index (κ2) is 9.57. The number of hydrogen-bond acceptors (Lipinski definition) is 3. The molecule has 0 atom stereocenters. The van der Waals surface area contributed by atoms with Gasteiger partial charge >= 0.3 is 0 Å². The minimum atomic E-state index is 0.579. The number of para-hydroxylation sites is 1. The Morgan fingerprint density at radius 1 is 0.871 bits per heavy atom. The number of rotatable bonds is 7. The molecular formula is C24H26N6S. The molecule has 7 heteroatoms. The summed E-state index contributed by atoms with van der Waals surface area (Å²) in [6, 6.07) is 20.3. The van der Waals surface area contributed by atoms with Crippen LogP contribution in [0.5, 0.6) is 0 Å². The summed E-state index contributed by atoms with van der Waals surface area (Å²) in [7, 11) is 0. The first kappa shape index (κ1) is 20.8. The third-order valence-electron chi connectivity index (χ3n) is 5.11. The monoisotopic (exact) mass is 430 g/mol. The second-order valence-electron chi connectivity index (χ2n) is 7.28. The van der Waals surface area contributed by atoms with Crippen molar-refractivity contribution in [3.8, 4) is 16.9 Å². The first-order valence-corrected chi connectivity index (χ1v) is 10.8. The minimum absolute atomic E-state index is 0.579. The lowest BCUT2D eigenvalue weighted by molar-refractivity contribution is 0.653. The highest BCUT2D eigenvalue weighted by atomic mass is 32.1. The van der Waals surface area contributed by atoms with E-state index in [0.717, 1.165) is 40.3 Å². The zero-order valence-electron chi connectivity index (χ0n) is 17.7. The van der Waals surface area contributed by atoms with E-state index in [4.69, 9.17) is 17.3 Å². The number of aryl methyl sites for hydroxylation is 2. The molecule has 2 aromatic carbocycles. The molecular weight excluding hydrogens is 404 g/mol. The molecule has 0 saturated carbocycles. The Morgan fingerprint density at radius 2 is 1.52 bits per heavy atom. The van der Waals surface area contributed by atoms with Crippen LogP contribution in [0.3, 0.4) is 0 Å². The standard InChI is InChI=1S/C24H26N6S/c1-3-29-16-20(18(2)27-29)14-25-24(31)26-15-21-17-30(22-12-8-5-9-13-22)28-23(21)19-10-6-4-7-11-19/h4-13,16-17H,3,14-15H2,1-2H3,(H2,25,26,31). The van der Waals surface area contributed by atoms with Gasteiger partial charge in [0.25, 0.3) is 0 Å². The molecule has 0 radical (unpaired) electrons. The van der Waals surface area contributed by atoms with Crippen molar-refractivity contribution < 1.29 is 0 Å². The highest BCUT2D eigenvalue weighted by Gasteiger charge is 2.13. The molecule has 6 nitrogen and oxygen atoms in total. The smallest absolute Gasteiger partial charge is 0.166 e. The average Bonchev–Trinajstić information content (AvgIpc) is 3.40. The van der Waals surface area contributed by atoms with Crippen LogP contribution in [0.15, 0.2) is 73.1 Å². The number of hydrogen-bond donors (Lipinski definition) is 2. The fourth-order valence-electron chi connectivity index (χ4n) is 3.40. The molecule has 0 bridgehead atoms. The van der Waals surface area contributed by atoms with Crippen molar-refractivity contribution >= 4 is 17.3 Å². The quantitative estimate of drug-likeness (QED) is 0.430. The van der Waals surface area contributed by atoms with Gasteiger partial charge in [-0.25, -0.2) is 4.68 Å². The maximum absolute atomic E-state index is 5.51. The molecule has 2 aromatic heterocycles. The van der Waals surface area contributed by atoms with Crippen LogP contribution in [-0.4, -0.2) is 24.7 Å². The van der Waals surface area contributed by atoms with Gasteiger partial charge in [0.05, 0.1) is 17.1 Å². The summed E-state index contributed by atoms with van der Waals surface area (Å²) in [4.78, 5) is 0. The molecule has 2 N–H and O–H groups in total. The van der Waals surface area contributed by atoms with E-state index in [9.17, 15) is 0 Å². The number of benzene rings is 2. The van der Waals surface area contributed by atoms with E-state index in [0.29, 0.717) is 18.2 Å². The van der Waals surface area contributed by atoms with Crippen LogP contribution in [0.4, 0.5) is 0 Å². The van der Waals surface area contributed by atoms with E-state index in [2.05, 4.69) is 47.2 Å². The number of nitrogens with zero attached hydrogens (tertiary/aromatic N) is 4. The molecule has 0 aliphatic carbocycles. The first-order chi connectivity index (χ1) is 15.1. The third kappa shape index (κ3) is 5.00. The molecule has 2 heterocycles. The highest BCUT2D eigenvalue weighted by molar-refractivity contribution is 7.80. The lowest BCUT2D eigenvalue weighted by Crippen LogP contribution is -2.34. The maximum Gasteiger partial charge on any atom is 0.166 e. The zero-order valence-corrected chi connectivity index (χ0v) is 18.6. The van der Waals surface area contributed by atoms with Crippen LogP contribution >= 0.6 is 12.2 Å². The zero-order chi connectivity index (χ0) is 21.6. The Morgan fingerprint density at radius 3 is 2.16 bits per heavy atom. The molecule has 0 spiro atoms. The van der Waals surface area contributed by atoms with E-state index in [1.807, 2.05) is 64.8 Å². The van der Waals surface area contributed by atoms with Gasteiger partial charge in [0.2, 0.25) is 0 Å². The van der Waals surface area contributed by atoms with Crippen LogP contribution in [0, 0.1) is 6.92 Å². The van der Waals surface area contributed by atoms with Crippen molar-refractivity contribution in [2.24, 2.45) is 0 Å². The number of aromatic nitrogens is 4. The van der Waals surface area contributed by atoms with Crippen LogP contribution in [0.25, 0.3) is 16.9 Å². The second-order valence-corrected chi connectivity index (χ2v) is 7.69. The normalized spacial score (nSPS) is 10.8. The largest absolute Gasteiger partial charge is 0.359 e. The predicted molar refractivity (Wildman–Crippen MR) is 128 cm³/mol. The molecule has 4 rings (SSSR count). The molecule has 0 aliphatic heterocycles. The molecule has 0 amide bonds. The van der Waals surface area contributed by atoms with Gasteiger partial charge in [0.1, 0.15) is 0 Å². The Labute approximate surface area is 187 Å².